The Hall–Kier alpha value is -1.64. The lowest BCUT2D eigenvalue weighted by atomic mass is 10.0. The van der Waals surface area contributed by atoms with Gasteiger partial charge in [0.05, 0.1) is 19.8 Å². The molecule has 2 aliphatic rings. The Morgan fingerprint density at radius 3 is 2.63 bits per heavy atom. The Bertz CT molecular complexity index is 753. The Morgan fingerprint density at radius 2 is 1.96 bits per heavy atom. The minimum Gasteiger partial charge on any atom is -0.492 e. The quantitative estimate of drug-likeness (QED) is 0.766. The average molecular weight is 397 g/mol. The van der Waals surface area contributed by atoms with E-state index in [0.717, 1.165) is 12.8 Å². The van der Waals surface area contributed by atoms with Crippen molar-refractivity contribution >= 4 is 21.6 Å². The lowest BCUT2D eigenvalue weighted by molar-refractivity contribution is -0.117. The molecule has 0 unspecified atom stereocenters. The minimum atomic E-state index is -3.72. The van der Waals surface area contributed by atoms with Crippen molar-refractivity contribution in [3.05, 3.63) is 18.2 Å². The smallest absolute Gasteiger partial charge is 0.246 e. The van der Waals surface area contributed by atoms with E-state index in [-0.39, 0.29) is 10.8 Å². The predicted octanol–water partition coefficient (Wildman–Crippen LogP) is 2.63. The van der Waals surface area contributed by atoms with E-state index in [1.54, 1.807) is 12.1 Å². The molecule has 8 heteroatoms. The number of carbonyl (C=O) groups is 1. The van der Waals surface area contributed by atoms with Crippen LogP contribution in [0, 0.1) is 5.92 Å². The summed E-state index contributed by atoms with van der Waals surface area (Å²) in [4.78, 5) is 12.4. The first kappa shape index (κ1) is 20.1. The first-order chi connectivity index (χ1) is 13.0. The monoisotopic (exact) mass is 396 g/mol. The first-order valence-electron chi connectivity index (χ1n) is 9.65. The van der Waals surface area contributed by atoms with E-state index in [0.29, 0.717) is 56.7 Å². The molecule has 1 N–H and O–H groups in total. The summed E-state index contributed by atoms with van der Waals surface area (Å²) in [6.07, 6.45) is 5.03. The molecule has 1 aromatic carbocycles. The number of sulfonamides is 1. The maximum absolute atomic E-state index is 13.1. The van der Waals surface area contributed by atoms with E-state index in [2.05, 4.69) is 5.32 Å². The van der Waals surface area contributed by atoms with Gasteiger partial charge in [0.15, 0.2) is 0 Å². The van der Waals surface area contributed by atoms with Gasteiger partial charge in [0.2, 0.25) is 15.9 Å². The van der Waals surface area contributed by atoms with Gasteiger partial charge in [-0.05, 0) is 43.9 Å². The van der Waals surface area contributed by atoms with Crippen molar-refractivity contribution in [3.8, 4) is 5.75 Å². The van der Waals surface area contributed by atoms with Crippen LogP contribution in [0.4, 0.5) is 5.69 Å². The second-order valence-electron chi connectivity index (χ2n) is 7.01. The lowest BCUT2D eigenvalue weighted by Crippen LogP contribution is -2.40. The number of hydrogen-bond acceptors (Lipinski definition) is 5. The number of rotatable bonds is 7. The van der Waals surface area contributed by atoms with E-state index in [1.165, 1.54) is 23.2 Å². The van der Waals surface area contributed by atoms with Crippen LogP contribution in [0.15, 0.2) is 23.1 Å². The molecule has 0 bridgehead atoms. The Morgan fingerprint density at radius 1 is 1.26 bits per heavy atom. The molecule has 1 aliphatic carbocycles. The third kappa shape index (κ3) is 5.00. The predicted molar refractivity (Wildman–Crippen MR) is 102 cm³/mol. The van der Waals surface area contributed by atoms with Gasteiger partial charge in [0, 0.05) is 25.2 Å². The van der Waals surface area contributed by atoms with Crippen molar-refractivity contribution in [1.29, 1.82) is 0 Å². The number of morpholine rings is 1. The molecule has 1 amide bonds. The van der Waals surface area contributed by atoms with Crippen LogP contribution in [-0.2, 0) is 19.6 Å². The van der Waals surface area contributed by atoms with Gasteiger partial charge < -0.3 is 14.8 Å². The molecule has 1 aromatic rings. The Balaban J connectivity index is 1.80. The molecule has 150 valence electrons. The standard InChI is InChI=1S/C19H28N2O5S/c1-2-26-17-8-7-16(20-19(22)13-15-5-3-4-6-15)14-18(17)27(23,24)21-9-11-25-12-10-21/h7-8,14-15H,2-6,9-13H2,1H3,(H,20,22). The van der Waals surface area contributed by atoms with Crippen molar-refractivity contribution in [2.24, 2.45) is 5.92 Å². The van der Waals surface area contributed by atoms with Gasteiger partial charge in [-0.3, -0.25) is 4.79 Å². The van der Waals surface area contributed by atoms with Crippen molar-refractivity contribution in [2.45, 2.75) is 43.9 Å². The first-order valence-corrected chi connectivity index (χ1v) is 11.1. The van der Waals surface area contributed by atoms with Crippen LogP contribution in [0.3, 0.4) is 0 Å². The van der Waals surface area contributed by atoms with Crippen molar-refractivity contribution in [1.82, 2.24) is 4.31 Å². The normalized spacial score (nSPS) is 19.1. The number of hydrogen-bond donors (Lipinski definition) is 1. The molecular weight excluding hydrogens is 368 g/mol. The van der Waals surface area contributed by atoms with E-state index in [4.69, 9.17) is 9.47 Å². The molecule has 0 atom stereocenters. The molecule has 1 aliphatic heterocycles. The summed E-state index contributed by atoms with van der Waals surface area (Å²) in [5.41, 5.74) is 0.480. The van der Waals surface area contributed by atoms with E-state index >= 15 is 0 Å². The number of anilines is 1. The maximum Gasteiger partial charge on any atom is 0.246 e. The van der Waals surface area contributed by atoms with Crippen molar-refractivity contribution in [2.75, 3.05) is 38.2 Å². The van der Waals surface area contributed by atoms with Crippen LogP contribution in [0.1, 0.15) is 39.0 Å². The molecule has 27 heavy (non-hydrogen) atoms. The largest absolute Gasteiger partial charge is 0.492 e. The van der Waals surface area contributed by atoms with E-state index in [1.807, 2.05) is 6.92 Å². The Kier molecular flexibility index (Phi) is 6.73. The van der Waals surface area contributed by atoms with Gasteiger partial charge in [0.25, 0.3) is 0 Å². The third-order valence-electron chi connectivity index (χ3n) is 5.06. The van der Waals surface area contributed by atoms with Crippen molar-refractivity contribution in [3.63, 3.8) is 0 Å². The zero-order chi connectivity index (χ0) is 19.3. The molecule has 0 aromatic heterocycles. The maximum atomic E-state index is 13.1. The number of carbonyl (C=O) groups excluding carboxylic acids is 1. The summed E-state index contributed by atoms with van der Waals surface area (Å²) in [6, 6.07) is 4.81. The highest BCUT2D eigenvalue weighted by molar-refractivity contribution is 7.89. The second kappa shape index (κ2) is 9.03. The summed E-state index contributed by atoms with van der Waals surface area (Å²) in [5, 5.41) is 2.85. The molecule has 1 saturated heterocycles. The van der Waals surface area contributed by atoms with Gasteiger partial charge in [-0.2, -0.15) is 4.31 Å². The van der Waals surface area contributed by atoms with Crippen LogP contribution in [0.2, 0.25) is 0 Å². The Labute approximate surface area is 161 Å². The van der Waals surface area contributed by atoms with Crippen LogP contribution < -0.4 is 10.1 Å². The third-order valence-corrected chi connectivity index (χ3v) is 6.98. The molecule has 7 nitrogen and oxygen atoms in total. The highest BCUT2D eigenvalue weighted by Crippen LogP contribution is 2.31. The van der Waals surface area contributed by atoms with Crippen LogP contribution in [0.5, 0.6) is 5.75 Å². The van der Waals surface area contributed by atoms with Crippen LogP contribution >= 0.6 is 0 Å². The summed E-state index contributed by atoms with van der Waals surface area (Å²) in [6.45, 7) is 3.54. The highest BCUT2D eigenvalue weighted by Gasteiger charge is 2.30. The number of benzene rings is 1. The molecule has 1 heterocycles. The van der Waals surface area contributed by atoms with Gasteiger partial charge in [-0.15, -0.1) is 0 Å². The highest BCUT2D eigenvalue weighted by atomic mass is 32.2. The summed E-state index contributed by atoms with van der Waals surface area (Å²) in [5.74, 6) is 0.669. The molecule has 1 saturated carbocycles. The number of nitrogens with zero attached hydrogens (tertiary/aromatic N) is 1. The van der Waals surface area contributed by atoms with E-state index < -0.39 is 10.0 Å². The SMILES string of the molecule is CCOc1ccc(NC(=O)CC2CCCC2)cc1S(=O)(=O)N1CCOCC1. The fraction of sp³-hybridized carbons (Fsp3) is 0.632. The molecule has 3 rings (SSSR count). The van der Waals surface area contributed by atoms with Crippen LogP contribution in [-0.4, -0.2) is 51.5 Å². The lowest BCUT2D eigenvalue weighted by Gasteiger charge is -2.27. The van der Waals surface area contributed by atoms with E-state index in [9.17, 15) is 13.2 Å². The minimum absolute atomic E-state index is 0.0687. The zero-order valence-corrected chi connectivity index (χ0v) is 16.6. The van der Waals surface area contributed by atoms with Gasteiger partial charge >= 0.3 is 0 Å². The van der Waals surface area contributed by atoms with Crippen molar-refractivity contribution < 1.29 is 22.7 Å². The molecule has 0 radical (unpaired) electrons. The number of ether oxygens (including phenoxy) is 2. The number of amides is 1. The topological polar surface area (TPSA) is 84.9 Å². The van der Waals surface area contributed by atoms with Gasteiger partial charge in [-0.1, -0.05) is 12.8 Å². The zero-order valence-electron chi connectivity index (χ0n) is 15.8. The number of nitrogens with one attached hydrogen (secondary N) is 1. The fourth-order valence-electron chi connectivity index (χ4n) is 3.68. The summed E-state index contributed by atoms with van der Waals surface area (Å²) >= 11 is 0. The molecule has 0 spiro atoms. The summed E-state index contributed by atoms with van der Waals surface area (Å²) in [7, 11) is -3.72. The summed E-state index contributed by atoms with van der Waals surface area (Å²) < 4.78 is 38.3. The fourth-order valence-corrected chi connectivity index (χ4v) is 5.24. The van der Waals surface area contributed by atoms with Gasteiger partial charge in [-0.25, -0.2) is 8.42 Å². The average Bonchev–Trinajstić information content (AvgIpc) is 3.16. The second-order valence-corrected chi connectivity index (χ2v) is 8.92. The molecular formula is C19H28N2O5S. The molecule has 2 fully saturated rings. The van der Waals surface area contributed by atoms with Crippen LogP contribution in [0.25, 0.3) is 0 Å². The van der Waals surface area contributed by atoms with Gasteiger partial charge in [0.1, 0.15) is 10.6 Å².